The number of nitrogens with one attached hydrogen (secondary N) is 1. The Morgan fingerprint density at radius 1 is 1.00 bits per heavy atom. The molecule has 2 aliphatic heterocycles. The van der Waals surface area contributed by atoms with E-state index in [1.165, 1.54) is 17.7 Å². The Bertz CT molecular complexity index is 657. The number of hydrogen-bond acceptors (Lipinski definition) is 3. The molecule has 24 heavy (non-hydrogen) atoms. The molecule has 128 valence electrons. The summed E-state index contributed by atoms with van der Waals surface area (Å²) in [6.07, 6.45) is 1.97. The molecule has 3 atom stereocenters. The van der Waals surface area contributed by atoms with Crippen LogP contribution in [0.1, 0.15) is 36.1 Å². The SMILES string of the molecule is Cl.Fc1ccc([C@H]2COC3(CCC(c4ccccc4)OC3)N2)cc1. The topological polar surface area (TPSA) is 30.5 Å². The molecule has 2 saturated heterocycles. The third kappa shape index (κ3) is 3.47. The molecular formula is C19H21ClFNO2. The highest BCUT2D eigenvalue weighted by molar-refractivity contribution is 5.85. The molecule has 2 unspecified atom stereocenters. The van der Waals surface area contributed by atoms with Gasteiger partial charge in [-0.25, -0.2) is 4.39 Å². The number of halogens is 2. The number of hydrogen-bond donors (Lipinski definition) is 1. The first-order chi connectivity index (χ1) is 11.2. The second-order valence-electron chi connectivity index (χ2n) is 6.30. The molecule has 0 aromatic heterocycles. The van der Waals surface area contributed by atoms with E-state index >= 15 is 0 Å². The molecule has 0 saturated carbocycles. The fraction of sp³-hybridized carbons (Fsp3) is 0.368. The molecular weight excluding hydrogens is 329 g/mol. The third-order valence-electron chi connectivity index (χ3n) is 4.74. The summed E-state index contributed by atoms with van der Waals surface area (Å²) in [7, 11) is 0. The van der Waals surface area contributed by atoms with Crippen molar-refractivity contribution in [1.82, 2.24) is 5.32 Å². The van der Waals surface area contributed by atoms with Gasteiger partial charge < -0.3 is 9.47 Å². The fourth-order valence-electron chi connectivity index (χ4n) is 3.43. The molecule has 1 N–H and O–H groups in total. The molecule has 2 aromatic carbocycles. The van der Waals surface area contributed by atoms with Crippen LogP contribution < -0.4 is 5.32 Å². The van der Waals surface area contributed by atoms with Crippen molar-refractivity contribution >= 4 is 12.4 Å². The van der Waals surface area contributed by atoms with Crippen LogP contribution in [-0.2, 0) is 9.47 Å². The van der Waals surface area contributed by atoms with Crippen molar-refractivity contribution in [2.45, 2.75) is 30.7 Å². The molecule has 0 aliphatic carbocycles. The van der Waals surface area contributed by atoms with E-state index in [1.807, 2.05) is 30.3 Å². The van der Waals surface area contributed by atoms with Gasteiger partial charge in [0, 0.05) is 0 Å². The lowest BCUT2D eigenvalue weighted by molar-refractivity contribution is -0.139. The first kappa shape index (κ1) is 17.4. The van der Waals surface area contributed by atoms with Gasteiger partial charge in [0.25, 0.3) is 0 Å². The largest absolute Gasteiger partial charge is 0.369 e. The van der Waals surface area contributed by atoms with Crippen LogP contribution in [0.15, 0.2) is 54.6 Å². The first-order valence-corrected chi connectivity index (χ1v) is 8.08. The van der Waals surface area contributed by atoms with Gasteiger partial charge in [-0.3, -0.25) is 5.32 Å². The molecule has 0 amide bonds. The summed E-state index contributed by atoms with van der Waals surface area (Å²) in [6.45, 7) is 1.12. The molecule has 2 aromatic rings. The van der Waals surface area contributed by atoms with Crippen molar-refractivity contribution in [3.63, 3.8) is 0 Å². The van der Waals surface area contributed by atoms with Crippen molar-refractivity contribution in [3.8, 4) is 0 Å². The van der Waals surface area contributed by atoms with E-state index in [0.717, 1.165) is 18.4 Å². The van der Waals surface area contributed by atoms with Crippen LogP contribution in [0.5, 0.6) is 0 Å². The highest BCUT2D eigenvalue weighted by Crippen LogP contribution is 2.38. The second kappa shape index (κ2) is 7.19. The lowest BCUT2D eigenvalue weighted by atomic mass is 9.96. The van der Waals surface area contributed by atoms with Crippen LogP contribution >= 0.6 is 12.4 Å². The van der Waals surface area contributed by atoms with Crippen LogP contribution in [0.2, 0.25) is 0 Å². The normalized spacial score (nSPS) is 29.4. The van der Waals surface area contributed by atoms with Gasteiger partial charge in [-0.2, -0.15) is 0 Å². The Morgan fingerprint density at radius 2 is 1.75 bits per heavy atom. The predicted octanol–water partition coefficient (Wildman–Crippen LogP) is 4.16. The van der Waals surface area contributed by atoms with Crippen LogP contribution in [0.3, 0.4) is 0 Å². The quantitative estimate of drug-likeness (QED) is 0.883. The molecule has 0 bridgehead atoms. The van der Waals surface area contributed by atoms with Gasteiger partial charge >= 0.3 is 0 Å². The van der Waals surface area contributed by atoms with Crippen LogP contribution in [0.25, 0.3) is 0 Å². The summed E-state index contributed by atoms with van der Waals surface area (Å²) in [5.74, 6) is -0.214. The zero-order valence-electron chi connectivity index (χ0n) is 13.3. The maximum atomic E-state index is 13.1. The standard InChI is InChI=1S/C19H20FNO2.ClH/c20-16-8-6-14(7-9-16)17-12-23-19(21-17)11-10-18(22-13-19)15-4-2-1-3-5-15;/h1-9,17-18,21H,10-13H2;1H/t17-,18?,19?;/m1./s1. The Hall–Kier alpha value is -1.46. The summed E-state index contributed by atoms with van der Waals surface area (Å²) in [4.78, 5) is 0. The Kier molecular flexibility index (Phi) is 5.21. The molecule has 1 spiro atoms. The van der Waals surface area contributed by atoms with E-state index in [9.17, 15) is 4.39 Å². The van der Waals surface area contributed by atoms with Gasteiger partial charge in [0.2, 0.25) is 0 Å². The van der Waals surface area contributed by atoms with Gasteiger partial charge in [0.1, 0.15) is 11.5 Å². The lowest BCUT2D eigenvalue weighted by Crippen LogP contribution is -2.49. The van der Waals surface area contributed by atoms with Crippen molar-refractivity contribution in [2.24, 2.45) is 0 Å². The summed E-state index contributed by atoms with van der Waals surface area (Å²) >= 11 is 0. The number of ether oxygens (including phenoxy) is 2. The van der Waals surface area contributed by atoms with E-state index < -0.39 is 5.72 Å². The fourth-order valence-corrected chi connectivity index (χ4v) is 3.43. The van der Waals surface area contributed by atoms with E-state index in [2.05, 4.69) is 17.4 Å². The summed E-state index contributed by atoms with van der Waals surface area (Å²) < 4.78 is 25.1. The molecule has 2 heterocycles. The van der Waals surface area contributed by atoms with E-state index in [1.54, 1.807) is 0 Å². The third-order valence-corrected chi connectivity index (χ3v) is 4.74. The van der Waals surface area contributed by atoms with E-state index in [-0.39, 0.29) is 30.4 Å². The van der Waals surface area contributed by atoms with Gasteiger partial charge in [0.15, 0.2) is 0 Å². The first-order valence-electron chi connectivity index (χ1n) is 8.08. The smallest absolute Gasteiger partial charge is 0.143 e. The van der Waals surface area contributed by atoms with Crippen LogP contribution in [0, 0.1) is 5.82 Å². The summed E-state index contributed by atoms with van der Waals surface area (Å²) in [6, 6.07) is 17.0. The molecule has 0 radical (unpaired) electrons. The Morgan fingerprint density at radius 3 is 2.42 bits per heavy atom. The average molecular weight is 350 g/mol. The van der Waals surface area contributed by atoms with Crippen molar-refractivity contribution < 1.29 is 13.9 Å². The van der Waals surface area contributed by atoms with E-state index in [4.69, 9.17) is 9.47 Å². The maximum absolute atomic E-state index is 13.1. The van der Waals surface area contributed by atoms with Crippen molar-refractivity contribution in [1.29, 1.82) is 0 Å². The Labute approximate surface area is 147 Å². The predicted molar refractivity (Wildman–Crippen MR) is 92.6 cm³/mol. The summed E-state index contributed by atoms with van der Waals surface area (Å²) in [5, 5.41) is 3.54. The molecule has 3 nitrogen and oxygen atoms in total. The van der Waals surface area contributed by atoms with Crippen molar-refractivity contribution in [3.05, 3.63) is 71.5 Å². The van der Waals surface area contributed by atoms with Gasteiger partial charge in [-0.05, 0) is 36.1 Å². The monoisotopic (exact) mass is 349 g/mol. The highest BCUT2D eigenvalue weighted by atomic mass is 35.5. The second-order valence-corrected chi connectivity index (χ2v) is 6.30. The zero-order valence-corrected chi connectivity index (χ0v) is 14.1. The lowest BCUT2D eigenvalue weighted by Gasteiger charge is -2.37. The minimum absolute atomic E-state index is 0. The minimum atomic E-state index is -0.412. The molecule has 4 rings (SSSR count). The Balaban J connectivity index is 0.00000169. The van der Waals surface area contributed by atoms with Crippen LogP contribution in [-0.4, -0.2) is 18.9 Å². The van der Waals surface area contributed by atoms with Crippen LogP contribution in [0.4, 0.5) is 4.39 Å². The van der Waals surface area contributed by atoms with E-state index in [0.29, 0.717) is 13.2 Å². The molecule has 2 fully saturated rings. The number of rotatable bonds is 2. The maximum Gasteiger partial charge on any atom is 0.143 e. The molecule has 5 heteroatoms. The van der Waals surface area contributed by atoms with Crippen molar-refractivity contribution in [2.75, 3.05) is 13.2 Å². The highest BCUT2D eigenvalue weighted by Gasteiger charge is 2.43. The average Bonchev–Trinajstić information content (AvgIpc) is 3.01. The molecule has 2 aliphatic rings. The zero-order chi connectivity index (χ0) is 15.7. The summed E-state index contributed by atoms with van der Waals surface area (Å²) in [5.41, 5.74) is 1.86. The van der Waals surface area contributed by atoms with Gasteiger partial charge in [0.05, 0.1) is 25.4 Å². The minimum Gasteiger partial charge on any atom is -0.369 e. The van der Waals surface area contributed by atoms with Gasteiger partial charge in [-0.15, -0.1) is 12.4 Å². The van der Waals surface area contributed by atoms with Gasteiger partial charge in [-0.1, -0.05) is 42.5 Å². The number of benzene rings is 2.